The number of nitrogens with zero attached hydrogens (tertiary/aromatic N) is 2. The lowest BCUT2D eigenvalue weighted by Gasteiger charge is -2.19. The molecule has 0 unspecified atom stereocenters. The molecule has 0 radical (unpaired) electrons. The summed E-state index contributed by atoms with van der Waals surface area (Å²) >= 11 is 0. The number of anilines is 1. The van der Waals surface area contributed by atoms with E-state index < -0.39 is 26.5 Å². The number of ether oxygens (including phenoxy) is 1. The van der Waals surface area contributed by atoms with Crippen LogP contribution in [0.25, 0.3) is 0 Å². The summed E-state index contributed by atoms with van der Waals surface area (Å²) in [5.41, 5.74) is -0.607. The Morgan fingerprint density at radius 2 is 1.91 bits per heavy atom. The van der Waals surface area contributed by atoms with Crippen LogP contribution in [0.2, 0.25) is 0 Å². The number of methoxy groups -OCH3 is 1. The molecule has 10 heteroatoms. The Kier molecular flexibility index (Phi) is 6.05. The molecule has 0 bridgehead atoms. The van der Waals surface area contributed by atoms with Gasteiger partial charge in [-0.05, 0) is 6.07 Å². The Morgan fingerprint density at radius 1 is 1.35 bits per heavy atom. The highest BCUT2D eigenvalue weighted by atomic mass is 32.2. The van der Waals surface area contributed by atoms with Gasteiger partial charge in [-0.25, -0.2) is 8.42 Å². The molecule has 0 spiro atoms. The highest BCUT2D eigenvalue weighted by molar-refractivity contribution is 7.89. The van der Waals surface area contributed by atoms with E-state index in [4.69, 9.17) is 4.74 Å². The van der Waals surface area contributed by atoms with Crippen LogP contribution < -0.4 is 10.1 Å². The predicted molar refractivity (Wildman–Crippen MR) is 84.1 cm³/mol. The molecular weight excluding hydrogens is 326 g/mol. The number of sulfonamides is 1. The third-order valence-electron chi connectivity index (χ3n) is 3.10. The van der Waals surface area contributed by atoms with Gasteiger partial charge < -0.3 is 10.1 Å². The van der Waals surface area contributed by atoms with Gasteiger partial charge in [0.1, 0.15) is 0 Å². The summed E-state index contributed by atoms with van der Waals surface area (Å²) in [5, 5.41) is 13.6. The van der Waals surface area contributed by atoms with Crippen LogP contribution in [0.5, 0.6) is 5.75 Å². The summed E-state index contributed by atoms with van der Waals surface area (Å²) in [5.74, 6) is -0.710. The van der Waals surface area contributed by atoms with E-state index in [0.717, 1.165) is 16.4 Å². The molecule has 0 aromatic heterocycles. The Balaban J connectivity index is 3.66. The molecular formula is C13H19N3O6S. The van der Waals surface area contributed by atoms with E-state index in [-0.39, 0.29) is 29.4 Å². The largest absolute Gasteiger partial charge is 0.489 e. The molecule has 1 N–H and O–H groups in total. The van der Waals surface area contributed by atoms with Crippen LogP contribution in [0, 0.1) is 10.1 Å². The minimum absolute atomic E-state index is 0.0695. The van der Waals surface area contributed by atoms with E-state index in [2.05, 4.69) is 5.32 Å². The Hall–Kier alpha value is -2.20. The van der Waals surface area contributed by atoms with Crippen molar-refractivity contribution in [2.75, 3.05) is 25.5 Å². The second-order valence-corrected chi connectivity index (χ2v) is 6.49. The number of rotatable bonds is 7. The van der Waals surface area contributed by atoms with Gasteiger partial charge in [0.2, 0.25) is 21.7 Å². The predicted octanol–water partition coefficient (Wildman–Crippen LogP) is 1.59. The molecule has 1 aromatic carbocycles. The third kappa shape index (κ3) is 3.96. The van der Waals surface area contributed by atoms with E-state index >= 15 is 0 Å². The molecule has 23 heavy (non-hydrogen) atoms. The highest BCUT2D eigenvalue weighted by Crippen LogP contribution is 2.38. The van der Waals surface area contributed by atoms with Crippen LogP contribution in [0.15, 0.2) is 17.0 Å². The molecule has 1 rings (SSSR count). The quantitative estimate of drug-likeness (QED) is 0.592. The molecule has 0 fully saturated rings. The number of nitro groups is 1. The molecule has 0 saturated carbocycles. The lowest BCUT2D eigenvalue weighted by atomic mass is 10.2. The zero-order valence-corrected chi connectivity index (χ0v) is 14.1. The standard InChI is InChI=1S/C13H19N3O6S/c1-5-15(6-2)23(20,21)10-7-11(14-9(3)17)13(22-4)12(8-10)16(18)19/h7-8H,5-6H2,1-4H3,(H,14,17). The number of benzene rings is 1. The third-order valence-corrected chi connectivity index (χ3v) is 5.13. The van der Waals surface area contributed by atoms with Crippen molar-refractivity contribution in [1.29, 1.82) is 0 Å². The molecule has 0 aliphatic carbocycles. The first kappa shape index (κ1) is 18.8. The van der Waals surface area contributed by atoms with Crippen molar-refractivity contribution >= 4 is 27.3 Å². The summed E-state index contributed by atoms with van der Waals surface area (Å²) in [7, 11) is -2.72. The summed E-state index contributed by atoms with van der Waals surface area (Å²) in [6.45, 7) is 4.96. The van der Waals surface area contributed by atoms with Crippen molar-refractivity contribution in [3.05, 3.63) is 22.2 Å². The summed E-state index contributed by atoms with van der Waals surface area (Å²) in [6, 6.07) is 2.08. The SMILES string of the molecule is CCN(CC)S(=O)(=O)c1cc(NC(C)=O)c(OC)c([N+](=O)[O-])c1. The van der Waals surface area contributed by atoms with Gasteiger partial charge in [-0.1, -0.05) is 13.8 Å². The van der Waals surface area contributed by atoms with Crippen molar-refractivity contribution in [3.63, 3.8) is 0 Å². The van der Waals surface area contributed by atoms with Gasteiger partial charge in [-0.2, -0.15) is 4.31 Å². The maximum absolute atomic E-state index is 12.6. The van der Waals surface area contributed by atoms with Gasteiger partial charge >= 0.3 is 5.69 Å². The lowest BCUT2D eigenvalue weighted by Crippen LogP contribution is -2.30. The van der Waals surface area contributed by atoms with Crippen LogP contribution in [0.1, 0.15) is 20.8 Å². The number of carbonyl (C=O) groups is 1. The zero-order valence-electron chi connectivity index (χ0n) is 13.3. The normalized spacial score (nSPS) is 11.3. The van der Waals surface area contributed by atoms with Crippen LogP contribution >= 0.6 is 0 Å². The maximum atomic E-state index is 12.6. The number of nitrogens with one attached hydrogen (secondary N) is 1. The minimum atomic E-state index is -3.92. The second-order valence-electron chi connectivity index (χ2n) is 4.55. The second kappa shape index (κ2) is 7.38. The number of hydrogen-bond acceptors (Lipinski definition) is 6. The van der Waals surface area contributed by atoms with Crippen LogP contribution in [-0.4, -0.2) is 43.8 Å². The monoisotopic (exact) mass is 345 g/mol. The van der Waals surface area contributed by atoms with Gasteiger partial charge in [-0.3, -0.25) is 14.9 Å². The fraction of sp³-hybridized carbons (Fsp3) is 0.462. The molecule has 0 aliphatic heterocycles. The fourth-order valence-electron chi connectivity index (χ4n) is 2.08. The molecule has 9 nitrogen and oxygen atoms in total. The van der Waals surface area contributed by atoms with Crippen LogP contribution in [-0.2, 0) is 14.8 Å². The first-order valence-electron chi connectivity index (χ1n) is 6.83. The Morgan fingerprint density at radius 3 is 2.30 bits per heavy atom. The fourth-order valence-corrected chi connectivity index (χ4v) is 3.59. The van der Waals surface area contributed by atoms with Crippen molar-refractivity contribution in [2.45, 2.75) is 25.7 Å². The van der Waals surface area contributed by atoms with Crippen molar-refractivity contribution in [2.24, 2.45) is 0 Å². The summed E-state index contributed by atoms with van der Waals surface area (Å²) < 4.78 is 31.2. The smallest absolute Gasteiger partial charge is 0.314 e. The zero-order chi connectivity index (χ0) is 17.8. The first-order chi connectivity index (χ1) is 10.7. The van der Waals surface area contributed by atoms with E-state index in [1.807, 2.05) is 0 Å². The summed E-state index contributed by atoms with van der Waals surface area (Å²) in [4.78, 5) is 21.4. The molecule has 1 amide bonds. The Bertz CT molecular complexity index is 713. The van der Waals surface area contributed by atoms with Gasteiger partial charge in [0, 0.05) is 26.1 Å². The number of nitro benzene ring substituents is 1. The van der Waals surface area contributed by atoms with E-state index in [9.17, 15) is 23.3 Å². The number of amides is 1. The topological polar surface area (TPSA) is 119 Å². The summed E-state index contributed by atoms with van der Waals surface area (Å²) in [6.07, 6.45) is 0. The van der Waals surface area contributed by atoms with E-state index in [0.29, 0.717) is 0 Å². The van der Waals surface area contributed by atoms with Crippen LogP contribution in [0.4, 0.5) is 11.4 Å². The molecule has 1 aromatic rings. The van der Waals surface area contributed by atoms with Gasteiger partial charge in [0.05, 0.1) is 22.6 Å². The molecule has 0 atom stereocenters. The number of hydrogen-bond donors (Lipinski definition) is 1. The molecule has 0 aliphatic rings. The molecule has 0 heterocycles. The van der Waals surface area contributed by atoms with Gasteiger partial charge in [-0.15, -0.1) is 0 Å². The van der Waals surface area contributed by atoms with Gasteiger partial charge in [0.15, 0.2) is 0 Å². The average molecular weight is 345 g/mol. The highest BCUT2D eigenvalue weighted by Gasteiger charge is 2.29. The van der Waals surface area contributed by atoms with Crippen molar-refractivity contribution in [1.82, 2.24) is 4.31 Å². The van der Waals surface area contributed by atoms with Crippen molar-refractivity contribution in [3.8, 4) is 5.75 Å². The first-order valence-corrected chi connectivity index (χ1v) is 8.27. The van der Waals surface area contributed by atoms with E-state index in [1.165, 1.54) is 14.0 Å². The average Bonchev–Trinajstić information content (AvgIpc) is 2.46. The maximum Gasteiger partial charge on any atom is 0.314 e. The van der Waals surface area contributed by atoms with Crippen LogP contribution in [0.3, 0.4) is 0 Å². The van der Waals surface area contributed by atoms with Gasteiger partial charge in [0.25, 0.3) is 0 Å². The van der Waals surface area contributed by atoms with E-state index in [1.54, 1.807) is 13.8 Å². The molecule has 128 valence electrons. The number of carbonyl (C=O) groups excluding carboxylic acids is 1. The molecule has 0 saturated heterocycles. The lowest BCUT2D eigenvalue weighted by molar-refractivity contribution is -0.385. The Labute approximate surface area is 134 Å². The van der Waals surface area contributed by atoms with Crippen molar-refractivity contribution < 1.29 is 22.9 Å². The minimum Gasteiger partial charge on any atom is -0.489 e.